The van der Waals surface area contributed by atoms with Gasteiger partial charge in [-0.05, 0) is 66.6 Å². The van der Waals surface area contributed by atoms with Crippen molar-refractivity contribution < 1.29 is 26.7 Å². The Labute approximate surface area is 249 Å². The van der Waals surface area contributed by atoms with Crippen LogP contribution in [0.4, 0.5) is 8.78 Å². The molecule has 10 nitrogen and oxygen atoms in total. The fourth-order valence-corrected chi connectivity index (χ4v) is 7.54. The predicted octanol–water partition coefficient (Wildman–Crippen LogP) is 4.91. The molecule has 0 aromatic carbocycles. The van der Waals surface area contributed by atoms with E-state index in [9.17, 15) is 17.2 Å². The Bertz CT molecular complexity index is 1830. The summed E-state index contributed by atoms with van der Waals surface area (Å²) in [7, 11) is -3.98. The van der Waals surface area contributed by atoms with E-state index in [1.165, 1.54) is 8.71 Å². The Morgan fingerprint density at radius 3 is 2.49 bits per heavy atom. The Hall–Kier alpha value is -3.55. The van der Waals surface area contributed by atoms with Gasteiger partial charge in [0.1, 0.15) is 4.90 Å². The maximum absolute atomic E-state index is 14.0. The monoisotopic (exact) mass is 612 g/mol. The molecule has 1 fully saturated rings. The summed E-state index contributed by atoms with van der Waals surface area (Å²) in [4.78, 5) is 9.39. The van der Waals surface area contributed by atoms with Gasteiger partial charge in [-0.25, -0.2) is 22.2 Å². The number of hydrogen-bond acceptors (Lipinski definition) is 8. The zero-order chi connectivity index (χ0) is 30.9. The molecule has 1 atom stereocenters. The van der Waals surface area contributed by atoms with Crippen LogP contribution < -0.4 is 4.74 Å². The molecule has 0 aliphatic carbocycles. The highest BCUT2D eigenvalue weighted by atomic mass is 32.2. The summed E-state index contributed by atoms with van der Waals surface area (Å²) in [5, 5.41) is 7.77. The van der Waals surface area contributed by atoms with Crippen molar-refractivity contribution in [3.63, 3.8) is 0 Å². The van der Waals surface area contributed by atoms with Crippen molar-refractivity contribution >= 4 is 15.7 Å². The number of aromatic nitrogens is 5. The minimum absolute atomic E-state index is 0.0251. The number of aryl methyl sites for hydroxylation is 3. The largest absolute Gasteiger partial charge is 0.464 e. The molecule has 6 rings (SSSR count). The van der Waals surface area contributed by atoms with Gasteiger partial charge < -0.3 is 9.47 Å². The van der Waals surface area contributed by atoms with Crippen LogP contribution in [0.1, 0.15) is 72.6 Å². The first-order valence-corrected chi connectivity index (χ1v) is 15.5. The molecule has 1 unspecified atom stereocenters. The van der Waals surface area contributed by atoms with Gasteiger partial charge in [-0.15, -0.1) is 10.2 Å². The third-order valence-electron chi connectivity index (χ3n) is 8.19. The molecule has 2 aliphatic heterocycles. The molecule has 0 amide bonds. The Kier molecular flexibility index (Phi) is 7.05. The third kappa shape index (κ3) is 5.06. The Morgan fingerprint density at radius 2 is 1.84 bits per heavy atom. The van der Waals surface area contributed by atoms with E-state index in [-0.39, 0.29) is 48.4 Å². The van der Waals surface area contributed by atoms with Gasteiger partial charge >= 0.3 is 0 Å². The van der Waals surface area contributed by atoms with Crippen molar-refractivity contribution in [2.24, 2.45) is 5.41 Å². The van der Waals surface area contributed by atoms with Crippen molar-refractivity contribution in [2.75, 3.05) is 19.8 Å². The van der Waals surface area contributed by atoms with Crippen LogP contribution in [0.3, 0.4) is 0 Å². The van der Waals surface area contributed by atoms with E-state index >= 15 is 0 Å². The lowest BCUT2D eigenvalue weighted by molar-refractivity contribution is -0.166. The normalized spacial score (nSPS) is 18.7. The summed E-state index contributed by atoms with van der Waals surface area (Å²) in [5.74, 6) is -0.583. The number of alkyl halides is 2. The second kappa shape index (κ2) is 10.3. The van der Waals surface area contributed by atoms with Gasteiger partial charge in [-0.2, -0.15) is 4.31 Å². The summed E-state index contributed by atoms with van der Waals surface area (Å²) in [5.41, 5.74) is 3.68. The lowest BCUT2D eigenvalue weighted by Crippen LogP contribution is -2.60. The van der Waals surface area contributed by atoms with Gasteiger partial charge in [-0.1, -0.05) is 26.8 Å². The smallest absolute Gasteiger partial charge is 0.297 e. The third-order valence-corrected chi connectivity index (χ3v) is 9.98. The van der Waals surface area contributed by atoms with Crippen molar-refractivity contribution in [3.8, 4) is 5.88 Å². The van der Waals surface area contributed by atoms with Gasteiger partial charge in [0, 0.05) is 24.0 Å². The summed E-state index contributed by atoms with van der Waals surface area (Å²) in [6.45, 7) is 12.4. The minimum atomic E-state index is -3.98. The molecule has 1 spiro atoms. The zero-order valence-electron chi connectivity index (χ0n) is 24.9. The van der Waals surface area contributed by atoms with Gasteiger partial charge in [-0.3, -0.25) is 9.38 Å². The highest BCUT2D eigenvalue weighted by Gasteiger charge is 2.49. The summed E-state index contributed by atoms with van der Waals surface area (Å²) >= 11 is 0. The maximum atomic E-state index is 14.0. The predicted molar refractivity (Wildman–Crippen MR) is 154 cm³/mol. The van der Waals surface area contributed by atoms with Crippen LogP contribution in [0.2, 0.25) is 0 Å². The van der Waals surface area contributed by atoms with E-state index in [2.05, 4.69) is 36.0 Å². The molecule has 0 radical (unpaired) electrons. The lowest BCUT2D eigenvalue weighted by atomic mass is 9.73. The van der Waals surface area contributed by atoms with Crippen LogP contribution in [0.15, 0.2) is 41.6 Å². The van der Waals surface area contributed by atoms with Crippen LogP contribution in [-0.4, -0.2) is 62.6 Å². The van der Waals surface area contributed by atoms with Crippen LogP contribution in [0.5, 0.6) is 5.88 Å². The molecule has 0 saturated carbocycles. The molecule has 1 saturated heterocycles. The van der Waals surface area contributed by atoms with Crippen molar-refractivity contribution in [3.05, 3.63) is 76.1 Å². The van der Waals surface area contributed by atoms with Gasteiger partial charge in [0.05, 0.1) is 32.0 Å². The van der Waals surface area contributed by atoms with E-state index in [4.69, 9.17) is 14.5 Å². The number of rotatable bonds is 5. The Balaban J connectivity index is 1.42. The molecule has 4 aromatic rings. The number of halogens is 2. The van der Waals surface area contributed by atoms with Crippen LogP contribution in [0.25, 0.3) is 5.65 Å². The van der Waals surface area contributed by atoms with E-state index in [0.29, 0.717) is 16.9 Å². The molecule has 43 heavy (non-hydrogen) atoms. The van der Waals surface area contributed by atoms with Gasteiger partial charge in [0.25, 0.3) is 6.43 Å². The number of fused-ring (bicyclic) bond motifs is 2. The van der Waals surface area contributed by atoms with E-state index < -0.39 is 27.9 Å². The number of sulfonamides is 1. The van der Waals surface area contributed by atoms with E-state index in [1.54, 1.807) is 25.4 Å². The highest BCUT2D eigenvalue weighted by Crippen LogP contribution is 2.43. The van der Waals surface area contributed by atoms with Gasteiger partial charge in [0.15, 0.2) is 11.2 Å². The van der Waals surface area contributed by atoms with Crippen LogP contribution in [-0.2, 0) is 21.3 Å². The number of hydrogen-bond donors (Lipinski definition) is 0. The van der Waals surface area contributed by atoms with E-state index in [1.807, 2.05) is 32.0 Å². The topological polar surface area (TPSA) is 112 Å². The molecule has 4 aromatic heterocycles. The molecular formula is C30H34F2N6O4S. The second-order valence-electron chi connectivity index (χ2n) is 12.6. The summed E-state index contributed by atoms with van der Waals surface area (Å²) in [6, 6.07) is 7.28. The van der Waals surface area contributed by atoms with Crippen molar-refractivity contribution in [2.45, 2.75) is 70.9 Å². The fourth-order valence-electron chi connectivity index (χ4n) is 5.92. The molecule has 13 heteroatoms. The average molecular weight is 613 g/mol. The Morgan fingerprint density at radius 1 is 1.09 bits per heavy atom. The van der Waals surface area contributed by atoms with Crippen molar-refractivity contribution in [1.82, 2.24) is 28.9 Å². The SMILES string of the molecule is Cc1cnc2c(c1)S(=O)(=O)N(Cc1nc(C(c3ccn4c(C(F)F)nnc4c3C)C(C)(C)C)ccc1C)CC1(COC1)O2. The van der Waals surface area contributed by atoms with Gasteiger partial charge in [0.2, 0.25) is 21.7 Å². The first-order valence-electron chi connectivity index (χ1n) is 14.0. The lowest BCUT2D eigenvalue weighted by Gasteiger charge is -2.41. The first-order chi connectivity index (χ1) is 20.2. The first kappa shape index (κ1) is 29.5. The molecule has 228 valence electrons. The minimum Gasteiger partial charge on any atom is -0.464 e. The maximum Gasteiger partial charge on any atom is 0.297 e. The van der Waals surface area contributed by atoms with Crippen LogP contribution >= 0.6 is 0 Å². The molecule has 6 heterocycles. The summed E-state index contributed by atoms with van der Waals surface area (Å²) in [6.07, 6.45) is 0.411. The second-order valence-corrected chi connectivity index (χ2v) is 14.5. The fraction of sp³-hybridized carbons (Fsp3) is 0.467. The van der Waals surface area contributed by atoms with Crippen LogP contribution in [0, 0.1) is 26.2 Å². The molecular weight excluding hydrogens is 578 g/mol. The van der Waals surface area contributed by atoms with Crippen molar-refractivity contribution in [1.29, 1.82) is 0 Å². The molecule has 2 aliphatic rings. The number of nitrogens with zero attached hydrogens (tertiary/aromatic N) is 6. The molecule has 0 bridgehead atoms. The zero-order valence-corrected chi connectivity index (χ0v) is 25.7. The average Bonchev–Trinajstić information content (AvgIpc) is 3.32. The highest BCUT2D eigenvalue weighted by molar-refractivity contribution is 7.89. The summed E-state index contributed by atoms with van der Waals surface area (Å²) < 4.78 is 69.4. The number of pyridine rings is 3. The van der Waals surface area contributed by atoms with E-state index in [0.717, 1.165) is 22.4 Å². The molecule has 0 N–H and O–H groups in total. The number of ether oxygens (including phenoxy) is 2. The quantitative estimate of drug-likeness (QED) is 0.313. The standard InChI is InChI=1S/C30H34F2N6O4S/c1-17-11-23-28(33-12-17)42-30(15-41-16-30)14-37(43(23,39)40)13-22-18(2)7-8-21(34-22)24(29(4,5)6)20-9-10-38-26(19(20)3)35-36-27(38)25(31)32/h7-12,24-25H,13-16H2,1-6H3.